The standard InChI is InChI=1S/C22H29NO2/c1-6-18-10-12-19(13-11-18)25-21(7-2)22(24)23-17(5)20-14-15(3)8-9-16(20)4/h8-14,17,21H,6-7H2,1-5H3,(H,23,24)/t17-,21+/m1/s1. The van der Waals surface area contributed by atoms with Gasteiger partial charge >= 0.3 is 0 Å². The molecule has 1 N–H and O–H groups in total. The highest BCUT2D eigenvalue weighted by atomic mass is 16.5. The van der Waals surface area contributed by atoms with Gasteiger partial charge in [-0.3, -0.25) is 4.79 Å². The van der Waals surface area contributed by atoms with Crippen molar-refractivity contribution in [1.29, 1.82) is 0 Å². The van der Waals surface area contributed by atoms with Gasteiger partial charge in [-0.1, -0.05) is 49.7 Å². The molecule has 0 aliphatic carbocycles. The molecule has 3 heteroatoms. The first-order valence-electron chi connectivity index (χ1n) is 9.07. The van der Waals surface area contributed by atoms with Crippen LogP contribution in [0.3, 0.4) is 0 Å². The summed E-state index contributed by atoms with van der Waals surface area (Å²) in [4.78, 5) is 12.6. The van der Waals surface area contributed by atoms with E-state index >= 15 is 0 Å². The van der Waals surface area contributed by atoms with Gasteiger partial charge in [0.15, 0.2) is 6.10 Å². The van der Waals surface area contributed by atoms with Crippen LogP contribution in [0.5, 0.6) is 5.75 Å². The average Bonchev–Trinajstić information content (AvgIpc) is 2.61. The Balaban J connectivity index is 2.04. The molecule has 2 aromatic carbocycles. The molecule has 0 aliphatic heterocycles. The lowest BCUT2D eigenvalue weighted by atomic mass is 10.00. The van der Waals surface area contributed by atoms with Crippen LogP contribution in [0.15, 0.2) is 42.5 Å². The van der Waals surface area contributed by atoms with Gasteiger partial charge in [0.1, 0.15) is 5.75 Å². The van der Waals surface area contributed by atoms with Crippen LogP contribution in [0, 0.1) is 13.8 Å². The van der Waals surface area contributed by atoms with Crippen molar-refractivity contribution in [3.05, 3.63) is 64.7 Å². The third-order valence-corrected chi connectivity index (χ3v) is 4.53. The molecule has 2 aromatic rings. The number of ether oxygens (including phenoxy) is 1. The number of aryl methyl sites for hydroxylation is 3. The van der Waals surface area contributed by atoms with Gasteiger partial charge in [-0.15, -0.1) is 0 Å². The summed E-state index contributed by atoms with van der Waals surface area (Å²) in [6, 6.07) is 14.2. The Bertz CT molecular complexity index is 706. The molecule has 2 rings (SSSR count). The molecular weight excluding hydrogens is 310 g/mol. The molecule has 0 fully saturated rings. The van der Waals surface area contributed by atoms with Gasteiger partial charge in [0.25, 0.3) is 5.91 Å². The Labute approximate surface area is 151 Å². The van der Waals surface area contributed by atoms with Gasteiger partial charge in [-0.2, -0.15) is 0 Å². The summed E-state index contributed by atoms with van der Waals surface area (Å²) >= 11 is 0. The van der Waals surface area contributed by atoms with E-state index in [2.05, 4.69) is 44.3 Å². The van der Waals surface area contributed by atoms with E-state index in [9.17, 15) is 4.79 Å². The maximum Gasteiger partial charge on any atom is 0.261 e. The number of hydrogen-bond donors (Lipinski definition) is 1. The molecule has 1 amide bonds. The lowest BCUT2D eigenvalue weighted by Crippen LogP contribution is -2.39. The molecule has 0 aliphatic rings. The summed E-state index contributed by atoms with van der Waals surface area (Å²) in [5.41, 5.74) is 4.78. The molecular formula is C22H29NO2. The van der Waals surface area contributed by atoms with Crippen LogP contribution in [0.25, 0.3) is 0 Å². The van der Waals surface area contributed by atoms with Gasteiger partial charge in [0.05, 0.1) is 6.04 Å². The second-order valence-corrected chi connectivity index (χ2v) is 6.60. The molecule has 25 heavy (non-hydrogen) atoms. The summed E-state index contributed by atoms with van der Waals surface area (Å²) in [5.74, 6) is 0.661. The van der Waals surface area contributed by atoms with Crippen molar-refractivity contribution in [3.63, 3.8) is 0 Å². The third kappa shape index (κ3) is 5.09. The number of rotatable bonds is 7. The van der Waals surface area contributed by atoms with E-state index in [1.807, 2.05) is 38.1 Å². The van der Waals surface area contributed by atoms with E-state index < -0.39 is 6.10 Å². The first-order valence-corrected chi connectivity index (χ1v) is 9.07. The van der Waals surface area contributed by atoms with E-state index in [-0.39, 0.29) is 11.9 Å². The average molecular weight is 339 g/mol. The minimum Gasteiger partial charge on any atom is -0.481 e. The van der Waals surface area contributed by atoms with Gasteiger partial charge in [-0.05, 0) is 62.4 Å². The predicted octanol–water partition coefficient (Wildman–Crippen LogP) is 4.90. The monoisotopic (exact) mass is 339 g/mol. The lowest BCUT2D eigenvalue weighted by molar-refractivity contribution is -0.128. The van der Waals surface area contributed by atoms with Gasteiger partial charge in [0, 0.05) is 0 Å². The van der Waals surface area contributed by atoms with Crippen LogP contribution < -0.4 is 10.1 Å². The maximum atomic E-state index is 12.6. The van der Waals surface area contributed by atoms with E-state index in [0.29, 0.717) is 6.42 Å². The fourth-order valence-electron chi connectivity index (χ4n) is 2.90. The zero-order chi connectivity index (χ0) is 18.4. The molecule has 0 unspecified atom stereocenters. The first kappa shape index (κ1) is 19.0. The minimum absolute atomic E-state index is 0.0486. The van der Waals surface area contributed by atoms with Gasteiger partial charge in [0.2, 0.25) is 0 Å². The van der Waals surface area contributed by atoms with Crippen molar-refractivity contribution >= 4 is 5.91 Å². The number of hydrogen-bond acceptors (Lipinski definition) is 2. The molecule has 0 radical (unpaired) electrons. The lowest BCUT2D eigenvalue weighted by Gasteiger charge is -2.22. The van der Waals surface area contributed by atoms with Crippen LogP contribution >= 0.6 is 0 Å². The summed E-state index contributed by atoms with van der Waals surface area (Å²) in [6.45, 7) is 10.2. The smallest absolute Gasteiger partial charge is 0.261 e. The topological polar surface area (TPSA) is 38.3 Å². The quantitative estimate of drug-likeness (QED) is 0.779. The summed E-state index contributed by atoms with van der Waals surface area (Å²) in [5, 5.41) is 3.09. The molecule has 2 atom stereocenters. The second-order valence-electron chi connectivity index (χ2n) is 6.60. The number of carbonyl (C=O) groups is 1. The number of benzene rings is 2. The Morgan fingerprint density at radius 2 is 1.76 bits per heavy atom. The normalized spacial score (nSPS) is 13.2. The SMILES string of the molecule is CCc1ccc(O[C@@H](CC)C(=O)N[C@H](C)c2cc(C)ccc2C)cc1. The zero-order valence-corrected chi connectivity index (χ0v) is 15.9. The Morgan fingerprint density at radius 1 is 1.08 bits per heavy atom. The van der Waals surface area contributed by atoms with Gasteiger partial charge < -0.3 is 10.1 Å². The summed E-state index contributed by atoms with van der Waals surface area (Å²) in [7, 11) is 0. The van der Waals surface area contributed by atoms with Crippen LogP contribution in [-0.2, 0) is 11.2 Å². The fourth-order valence-corrected chi connectivity index (χ4v) is 2.90. The van der Waals surface area contributed by atoms with E-state index in [0.717, 1.165) is 17.7 Å². The third-order valence-electron chi connectivity index (χ3n) is 4.53. The number of amides is 1. The highest BCUT2D eigenvalue weighted by molar-refractivity contribution is 5.81. The van der Waals surface area contributed by atoms with E-state index in [1.54, 1.807) is 0 Å². The minimum atomic E-state index is -0.486. The molecule has 0 heterocycles. The molecule has 0 aromatic heterocycles. The molecule has 0 saturated carbocycles. The van der Waals surface area contributed by atoms with Crippen molar-refractivity contribution in [2.45, 2.75) is 59.6 Å². The summed E-state index contributed by atoms with van der Waals surface area (Å²) < 4.78 is 5.90. The maximum absolute atomic E-state index is 12.6. The molecule has 0 saturated heterocycles. The Hall–Kier alpha value is -2.29. The van der Waals surface area contributed by atoms with Crippen LogP contribution in [0.4, 0.5) is 0 Å². The van der Waals surface area contributed by atoms with Crippen LogP contribution in [0.2, 0.25) is 0 Å². The highest BCUT2D eigenvalue weighted by Gasteiger charge is 2.21. The molecule has 0 spiro atoms. The molecule has 0 bridgehead atoms. The number of carbonyl (C=O) groups excluding carboxylic acids is 1. The van der Waals surface area contributed by atoms with Crippen molar-refractivity contribution in [3.8, 4) is 5.75 Å². The van der Waals surface area contributed by atoms with Crippen molar-refractivity contribution in [2.24, 2.45) is 0 Å². The zero-order valence-electron chi connectivity index (χ0n) is 15.9. The van der Waals surface area contributed by atoms with Crippen molar-refractivity contribution in [1.82, 2.24) is 5.32 Å². The largest absolute Gasteiger partial charge is 0.481 e. The van der Waals surface area contributed by atoms with E-state index in [4.69, 9.17) is 4.74 Å². The second kappa shape index (κ2) is 8.70. The van der Waals surface area contributed by atoms with E-state index in [1.165, 1.54) is 16.7 Å². The molecule has 3 nitrogen and oxygen atoms in total. The van der Waals surface area contributed by atoms with Crippen molar-refractivity contribution in [2.75, 3.05) is 0 Å². The first-order chi connectivity index (χ1) is 11.9. The fraction of sp³-hybridized carbons (Fsp3) is 0.409. The predicted molar refractivity (Wildman–Crippen MR) is 103 cm³/mol. The Morgan fingerprint density at radius 3 is 2.36 bits per heavy atom. The summed E-state index contributed by atoms with van der Waals surface area (Å²) in [6.07, 6.45) is 1.13. The highest BCUT2D eigenvalue weighted by Crippen LogP contribution is 2.20. The van der Waals surface area contributed by atoms with Crippen molar-refractivity contribution < 1.29 is 9.53 Å². The van der Waals surface area contributed by atoms with Crippen LogP contribution in [-0.4, -0.2) is 12.0 Å². The van der Waals surface area contributed by atoms with Gasteiger partial charge in [-0.25, -0.2) is 0 Å². The number of nitrogens with one attached hydrogen (secondary N) is 1. The van der Waals surface area contributed by atoms with Crippen LogP contribution in [0.1, 0.15) is 55.5 Å². The Kier molecular flexibility index (Phi) is 6.63. The molecule has 134 valence electrons.